The van der Waals surface area contributed by atoms with Gasteiger partial charge in [-0.15, -0.1) is 0 Å². The molecule has 0 aromatic carbocycles. The van der Waals surface area contributed by atoms with E-state index in [2.05, 4.69) is 5.32 Å². The van der Waals surface area contributed by atoms with Crippen molar-refractivity contribution in [2.75, 3.05) is 47.5 Å². The lowest BCUT2D eigenvalue weighted by molar-refractivity contribution is -0.135. The first-order valence-electron chi connectivity index (χ1n) is 7.38. The Bertz CT molecular complexity index is 331. The molecule has 0 atom stereocenters. The summed E-state index contributed by atoms with van der Waals surface area (Å²) in [7, 11) is 2.07. The molecule has 0 spiro atoms. The maximum Gasteiger partial charge on any atom is 0.500 e. The second-order valence-corrected chi connectivity index (χ2v) is 7.80. The topological polar surface area (TPSA) is 103 Å². The maximum absolute atomic E-state index is 11.9. The van der Waals surface area contributed by atoms with Crippen LogP contribution in [0.4, 0.5) is 0 Å². The fourth-order valence-electron chi connectivity index (χ4n) is 1.99. The molecule has 0 heterocycles. The Hall–Kier alpha value is -1.00. The average Bonchev–Trinajstić information content (AvgIpc) is 2.54. The van der Waals surface area contributed by atoms with E-state index in [1.165, 1.54) is 4.90 Å². The number of amides is 2. The Morgan fingerprint density at radius 1 is 1.18 bits per heavy atom. The first-order chi connectivity index (χ1) is 10.5. The summed E-state index contributed by atoms with van der Waals surface area (Å²) in [5.74, 6) is -0.278. The molecule has 0 fully saturated rings. The van der Waals surface area contributed by atoms with Gasteiger partial charge in [-0.1, -0.05) is 6.92 Å². The van der Waals surface area contributed by atoms with Gasteiger partial charge < -0.3 is 29.2 Å². The largest absolute Gasteiger partial charge is 0.500 e. The first kappa shape index (κ1) is 21.0. The fraction of sp³-hybridized carbons (Fsp3) is 0.846. The molecule has 3 N–H and O–H groups in total. The Morgan fingerprint density at radius 3 is 2.23 bits per heavy atom. The molecule has 0 aliphatic carbocycles. The van der Waals surface area contributed by atoms with Gasteiger partial charge in [0, 0.05) is 53.4 Å². The molecule has 0 bridgehead atoms. The predicted octanol–water partition coefficient (Wildman–Crippen LogP) is -0.432. The van der Waals surface area contributed by atoms with E-state index < -0.39 is 8.80 Å². The van der Waals surface area contributed by atoms with Gasteiger partial charge in [0.05, 0.1) is 6.54 Å². The highest BCUT2D eigenvalue weighted by Gasteiger charge is 2.36. The summed E-state index contributed by atoms with van der Waals surface area (Å²) in [6.45, 7) is 2.98. The van der Waals surface area contributed by atoms with Gasteiger partial charge in [0.2, 0.25) is 11.8 Å². The van der Waals surface area contributed by atoms with Crippen molar-refractivity contribution < 1.29 is 22.9 Å². The SMILES string of the molecule is CCC(=O)N(CCN)CC(=O)NCCC[Si](OC)(OC)OC. The van der Waals surface area contributed by atoms with Gasteiger partial charge in [-0.2, -0.15) is 0 Å². The van der Waals surface area contributed by atoms with Gasteiger partial charge in [-0.05, 0) is 6.42 Å². The molecule has 0 saturated heterocycles. The van der Waals surface area contributed by atoms with E-state index in [1.54, 1.807) is 28.3 Å². The number of nitrogens with two attached hydrogens (primary N) is 1. The lowest BCUT2D eigenvalue weighted by Crippen LogP contribution is -2.44. The molecule has 130 valence electrons. The third kappa shape index (κ3) is 7.32. The monoisotopic (exact) mass is 335 g/mol. The van der Waals surface area contributed by atoms with Crippen molar-refractivity contribution >= 4 is 20.6 Å². The summed E-state index contributed by atoms with van der Waals surface area (Å²) in [6.07, 6.45) is 1.03. The van der Waals surface area contributed by atoms with Gasteiger partial charge in [0.1, 0.15) is 0 Å². The highest BCUT2D eigenvalue weighted by atomic mass is 28.4. The molecule has 0 aliphatic rings. The Balaban J connectivity index is 4.15. The van der Waals surface area contributed by atoms with Gasteiger partial charge in [0.25, 0.3) is 0 Å². The van der Waals surface area contributed by atoms with Crippen LogP contribution >= 0.6 is 0 Å². The molecule has 8 nitrogen and oxygen atoms in total. The zero-order valence-corrected chi connectivity index (χ0v) is 15.0. The molecule has 22 heavy (non-hydrogen) atoms. The van der Waals surface area contributed by atoms with Crippen LogP contribution in [-0.4, -0.2) is 73.0 Å². The number of rotatable bonds is 12. The highest BCUT2D eigenvalue weighted by molar-refractivity contribution is 6.60. The number of hydrogen-bond donors (Lipinski definition) is 2. The molecule has 0 aliphatic heterocycles. The van der Waals surface area contributed by atoms with Crippen LogP contribution in [0.3, 0.4) is 0 Å². The van der Waals surface area contributed by atoms with Gasteiger partial charge in [-0.3, -0.25) is 9.59 Å². The standard InChI is InChI=1S/C13H29N3O5Si/c1-5-13(18)16(9-7-14)11-12(17)15-8-6-10-22(19-2,20-3)21-4/h5-11,14H2,1-4H3,(H,15,17). The Labute approximate surface area is 133 Å². The zero-order valence-electron chi connectivity index (χ0n) is 14.0. The molecule has 0 aromatic heterocycles. The minimum absolute atomic E-state index is 0.0330. The minimum atomic E-state index is -2.59. The second kappa shape index (κ2) is 11.5. The number of hydrogen-bond acceptors (Lipinski definition) is 6. The quantitative estimate of drug-likeness (QED) is 0.370. The first-order valence-corrected chi connectivity index (χ1v) is 9.31. The summed E-state index contributed by atoms with van der Waals surface area (Å²) in [5, 5.41) is 2.78. The maximum atomic E-state index is 11.9. The van der Waals surface area contributed by atoms with Crippen LogP contribution in [0.1, 0.15) is 19.8 Å². The third-order valence-corrected chi connectivity index (χ3v) is 6.14. The number of nitrogens with zero attached hydrogens (tertiary/aromatic N) is 1. The van der Waals surface area contributed by atoms with E-state index in [9.17, 15) is 9.59 Å². The van der Waals surface area contributed by atoms with Gasteiger partial charge >= 0.3 is 8.80 Å². The average molecular weight is 335 g/mol. The number of carbonyl (C=O) groups is 2. The van der Waals surface area contributed by atoms with E-state index in [1.807, 2.05) is 0 Å². The molecule has 0 saturated carbocycles. The van der Waals surface area contributed by atoms with Crippen molar-refractivity contribution in [2.45, 2.75) is 25.8 Å². The van der Waals surface area contributed by atoms with Crippen molar-refractivity contribution in [3.63, 3.8) is 0 Å². The molecule has 9 heteroatoms. The van der Waals surface area contributed by atoms with Gasteiger partial charge in [0.15, 0.2) is 0 Å². The van der Waals surface area contributed by atoms with E-state index in [4.69, 9.17) is 19.0 Å². The summed E-state index contributed by atoms with van der Waals surface area (Å²) in [5.41, 5.74) is 5.45. The van der Waals surface area contributed by atoms with Crippen LogP contribution in [0, 0.1) is 0 Å². The molecule has 2 amide bonds. The Kier molecular flexibility index (Phi) is 11.0. The number of carbonyl (C=O) groups excluding carboxylic acids is 2. The van der Waals surface area contributed by atoms with Crippen LogP contribution in [0.25, 0.3) is 0 Å². The summed E-state index contributed by atoms with van der Waals surface area (Å²) >= 11 is 0. The van der Waals surface area contributed by atoms with Crippen molar-refractivity contribution in [1.29, 1.82) is 0 Å². The summed E-state index contributed by atoms with van der Waals surface area (Å²) in [4.78, 5) is 25.0. The van der Waals surface area contributed by atoms with Crippen LogP contribution in [0.2, 0.25) is 6.04 Å². The van der Waals surface area contributed by atoms with Crippen molar-refractivity contribution in [3.8, 4) is 0 Å². The van der Waals surface area contributed by atoms with E-state index in [0.29, 0.717) is 38.5 Å². The molecule has 0 aromatic rings. The van der Waals surface area contributed by atoms with E-state index >= 15 is 0 Å². The molecular weight excluding hydrogens is 306 g/mol. The molecule has 0 unspecified atom stereocenters. The van der Waals surface area contributed by atoms with Crippen molar-refractivity contribution in [2.24, 2.45) is 5.73 Å². The Morgan fingerprint density at radius 2 is 1.77 bits per heavy atom. The van der Waals surface area contributed by atoms with Gasteiger partial charge in [-0.25, -0.2) is 0 Å². The molecule has 0 radical (unpaired) electrons. The fourth-order valence-corrected chi connectivity index (χ4v) is 3.71. The highest BCUT2D eigenvalue weighted by Crippen LogP contribution is 2.14. The normalized spacial score (nSPS) is 11.3. The van der Waals surface area contributed by atoms with E-state index in [0.717, 1.165) is 0 Å². The van der Waals surface area contributed by atoms with E-state index in [-0.39, 0.29) is 18.4 Å². The van der Waals surface area contributed by atoms with Crippen molar-refractivity contribution in [1.82, 2.24) is 10.2 Å². The molecule has 0 rings (SSSR count). The number of nitrogens with one attached hydrogen (secondary N) is 1. The van der Waals surface area contributed by atoms with Crippen LogP contribution in [0.5, 0.6) is 0 Å². The third-order valence-electron chi connectivity index (χ3n) is 3.30. The zero-order chi connectivity index (χ0) is 17.0. The lowest BCUT2D eigenvalue weighted by Gasteiger charge is -2.24. The summed E-state index contributed by atoms with van der Waals surface area (Å²) < 4.78 is 15.9. The minimum Gasteiger partial charge on any atom is -0.377 e. The predicted molar refractivity (Wildman–Crippen MR) is 85.1 cm³/mol. The van der Waals surface area contributed by atoms with Crippen LogP contribution in [0.15, 0.2) is 0 Å². The summed E-state index contributed by atoms with van der Waals surface area (Å²) in [6, 6.07) is 0.608. The molecular formula is C13H29N3O5Si. The van der Waals surface area contributed by atoms with Crippen molar-refractivity contribution in [3.05, 3.63) is 0 Å². The second-order valence-electron chi connectivity index (χ2n) is 4.71. The van der Waals surface area contributed by atoms with Crippen LogP contribution in [-0.2, 0) is 22.9 Å². The smallest absolute Gasteiger partial charge is 0.377 e. The van der Waals surface area contributed by atoms with Crippen LogP contribution < -0.4 is 11.1 Å². The lowest BCUT2D eigenvalue weighted by atomic mass is 10.3.